The molecular formula is C76H100N8O28P4. The van der Waals surface area contributed by atoms with Crippen LogP contribution in [0.5, 0.6) is 23.0 Å². The van der Waals surface area contributed by atoms with Crippen LogP contribution in [0, 0.1) is 75.0 Å². The highest BCUT2D eigenvalue weighted by Crippen LogP contribution is 2.51. The van der Waals surface area contributed by atoms with E-state index in [2.05, 4.69) is 42.4 Å². The minimum absolute atomic E-state index is 0. The van der Waals surface area contributed by atoms with Crippen LogP contribution >= 0.6 is 31.3 Å². The standard InChI is InChI=1S/4C18H23N2O7P.4CH3/c4*1-18(2)17(25-8-9-26-28(22,23)24)16(20-7-3-4-15(20)21)13-10-12(11-19)5-6-14(13)27-18;;;;/h4*5-6,10,16-17H,3-4,7-9H2,1-2H3,(H2,22,23,24);4*1H3/q;;;;4*+1/p-4/t2*16-,17+;2*16-,17-;;;;/m1010..../s1. The maximum Gasteiger partial charge on any atom is 0.265 e. The molecule has 12 atom stereocenters. The summed E-state index contributed by atoms with van der Waals surface area (Å²) in [4.78, 5) is 135. The summed E-state index contributed by atoms with van der Waals surface area (Å²) in [5.74, 6) is 2.24. The molecule has 632 valence electrons. The van der Waals surface area contributed by atoms with Gasteiger partial charge in [-0.3, -0.25) is 37.4 Å². The number of carbonyl (C=O) groups excluding carboxylic acids is 4. The number of benzene rings is 4. The number of likely N-dealkylation sites (tertiary alicyclic amines) is 4. The van der Waals surface area contributed by atoms with Gasteiger partial charge in [-0.25, -0.2) is 0 Å². The first-order valence-corrected chi connectivity index (χ1v) is 41.8. The van der Waals surface area contributed by atoms with Gasteiger partial charge in [0.25, 0.3) is 31.3 Å². The highest BCUT2D eigenvalue weighted by Gasteiger charge is 2.54. The van der Waals surface area contributed by atoms with Gasteiger partial charge in [-0.05, 0) is 154 Å². The molecule has 0 saturated carbocycles. The van der Waals surface area contributed by atoms with E-state index in [0.29, 0.717) is 119 Å². The number of hydrogen-bond acceptors (Lipinski definition) is 28. The van der Waals surface area contributed by atoms with Crippen LogP contribution in [0.1, 0.15) is 175 Å². The molecule has 116 heavy (non-hydrogen) atoms. The molecule has 4 fully saturated rings. The predicted molar refractivity (Wildman–Crippen MR) is 406 cm³/mol. The smallest absolute Gasteiger partial charge is 0.265 e. The molecule has 0 aliphatic carbocycles. The number of hydrogen-bond donors (Lipinski definition) is 4. The van der Waals surface area contributed by atoms with Crippen LogP contribution in [-0.4, -0.2) is 189 Å². The van der Waals surface area contributed by atoms with E-state index in [1.54, 1.807) is 92.4 Å². The van der Waals surface area contributed by atoms with Crippen molar-refractivity contribution in [1.29, 1.82) is 21.0 Å². The molecule has 0 bridgehead atoms. The Hall–Kier alpha value is -8.32. The molecule has 4 saturated heterocycles. The lowest BCUT2D eigenvalue weighted by atomic mass is 9.84. The molecule has 36 nitrogen and oxygen atoms in total. The van der Waals surface area contributed by atoms with Crippen molar-refractivity contribution in [1.82, 2.24) is 19.6 Å². The summed E-state index contributed by atoms with van der Waals surface area (Å²) in [6.07, 6.45) is 2.10. The van der Waals surface area contributed by atoms with Crippen LogP contribution in [0.15, 0.2) is 72.8 Å². The van der Waals surface area contributed by atoms with Crippen molar-refractivity contribution in [2.45, 2.75) is 178 Å². The number of ether oxygens (including phenoxy) is 8. The number of phosphoric ester groups is 4. The van der Waals surface area contributed by atoms with Gasteiger partial charge in [-0.15, -0.1) is 0 Å². The molecule has 4 aromatic rings. The van der Waals surface area contributed by atoms with Crippen molar-refractivity contribution in [3.63, 3.8) is 0 Å². The Balaban J connectivity index is 0.000000273. The van der Waals surface area contributed by atoms with Gasteiger partial charge in [-0.1, -0.05) is 0 Å². The Kier molecular flexibility index (Phi) is 34.2. The van der Waals surface area contributed by atoms with E-state index in [0.717, 1.165) is 25.7 Å². The monoisotopic (exact) mass is 1700 g/mol. The van der Waals surface area contributed by atoms with Crippen LogP contribution in [0.25, 0.3) is 0 Å². The third-order valence-electron chi connectivity index (χ3n) is 19.5. The maximum atomic E-state index is 12.5. The molecule has 0 spiro atoms. The highest BCUT2D eigenvalue weighted by atomic mass is 31.2. The summed E-state index contributed by atoms with van der Waals surface area (Å²) < 4.78 is 108. The molecule has 8 heterocycles. The molecule has 4 unspecified atom stereocenters. The normalized spacial score (nSPS) is 24.7. The van der Waals surface area contributed by atoms with Crippen LogP contribution in [-0.2, 0) is 74.5 Å². The molecule has 0 radical (unpaired) electrons. The summed E-state index contributed by atoms with van der Waals surface area (Å²) >= 11 is 0. The SMILES string of the molecule is CC1(C)Oc2ccc(C#N)cc2[C@@H](N2CCCC2=O)[C@@H]1OCCOP(=O)([O-])O.CC1(C)Oc2ccc(C#N)cc2[C@@H](N2CCCC2=O)[C@H]1OCCOP(=O)([O-])O.CC1(C)Oc2ccc(C#N)cc2[C@H](N2CCCC2=O)[C@@H]1OCCOP(=O)([O-])O.CC1(C)Oc2ccc(C#N)cc2[C@H](N2CCCC2=O)[C@H]1OCCOP(=O)([O-])O.[CH3+].[CH3+].[CH3+].[CH3+]. The number of rotatable bonds is 24. The Morgan fingerprint density at radius 3 is 0.690 bits per heavy atom. The van der Waals surface area contributed by atoms with Gasteiger partial charge in [0.1, 0.15) is 69.8 Å². The average Bonchev–Trinajstić information content (AvgIpc) is 1.23. The Bertz CT molecular complexity index is 3940. The average molecular weight is 1700 g/mol. The summed E-state index contributed by atoms with van der Waals surface area (Å²) in [6.45, 7) is 14.8. The summed E-state index contributed by atoms with van der Waals surface area (Å²) in [5, 5.41) is 37.0. The van der Waals surface area contributed by atoms with E-state index >= 15 is 0 Å². The van der Waals surface area contributed by atoms with E-state index in [1.165, 1.54) is 0 Å². The molecular weight excluding hydrogens is 1600 g/mol. The van der Waals surface area contributed by atoms with Gasteiger partial charge >= 0.3 is 0 Å². The van der Waals surface area contributed by atoms with Gasteiger partial charge in [-0.2, -0.15) is 21.0 Å². The minimum atomic E-state index is -4.84. The fraction of sp³-hybridized carbons (Fsp3) is 0.526. The van der Waals surface area contributed by atoms with E-state index in [4.69, 9.17) is 57.5 Å². The Labute approximate surface area is 676 Å². The molecule has 0 aromatic heterocycles. The number of nitrogens with zero attached hydrogens (tertiary/aromatic N) is 8. The third-order valence-corrected chi connectivity index (χ3v) is 21.6. The lowest BCUT2D eigenvalue weighted by molar-refractivity contribution is -0.223. The fourth-order valence-electron chi connectivity index (χ4n) is 15.0. The van der Waals surface area contributed by atoms with Crippen molar-refractivity contribution in [2.24, 2.45) is 0 Å². The fourth-order valence-corrected chi connectivity index (χ4v) is 16.2. The van der Waals surface area contributed by atoms with E-state index in [9.17, 15) is 78.1 Å². The van der Waals surface area contributed by atoms with Gasteiger partial charge in [0.2, 0.25) is 23.6 Å². The maximum absolute atomic E-state index is 12.5. The number of fused-ring (bicyclic) bond motifs is 4. The second-order valence-corrected chi connectivity index (χ2v) is 34.0. The van der Waals surface area contributed by atoms with Crippen LogP contribution < -0.4 is 38.5 Å². The molecule has 40 heteroatoms. The summed E-state index contributed by atoms with van der Waals surface area (Å²) in [5.41, 5.74) is 1.11. The predicted octanol–water partition coefficient (Wildman–Crippen LogP) is 6.82. The quantitative estimate of drug-likeness (QED) is 0.0317. The van der Waals surface area contributed by atoms with Crippen molar-refractivity contribution in [3.8, 4) is 47.3 Å². The lowest BCUT2D eigenvalue weighted by Gasteiger charge is -2.47. The Morgan fingerprint density at radius 2 is 0.543 bits per heavy atom. The number of nitriles is 4. The number of amides is 4. The van der Waals surface area contributed by atoms with Crippen LogP contribution in [0.2, 0.25) is 0 Å². The molecule has 8 aliphatic rings. The number of carbonyl (C=O) groups is 4. The van der Waals surface area contributed by atoms with Gasteiger partial charge in [0.05, 0.1) is 124 Å². The van der Waals surface area contributed by atoms with E-state index in [1.807, 2.05) is 55.4 Å². The molecule has 4 N–H and O–H groups in total. The lowest BCUT2D eigenvalue weighted by Crippen LogP contribution is -2.55. The zero-order valence-corrected chi connectivity index (χ0v) is 70.2. The first kappa shape index (κ1) is 98.3. The molecule has 4 amide bonds. The minimum Gasteiger partial charge on any atom is -0.756 e. The van der Waals surface area contributed by atoms with E-state index in [-0.39, 0.29) is 106 Å². The second kappa shape index (κ2) is 40.4. The molecule has 4 aromatic carbocycles. The van der Waals surface area contributed by atoms with Crippen LogP contribution in [0.4, 0.5) is 0 Å². The third kappa shape index (κ3) is 24.9. The van der Waals surface area contributed by atoms with Crippen molar-refractivity contribution < 1.29 is 133 Å². The zero-order valence-electron chi connectivity index (χ0n) is 66.6. The highest BCUT2D eigenvalue weighted by molar-refractivity contribution is 7.45. The van der Waals surface area contributed by atoms with Gasteiger partial charge in [0.15, 0.2) is 0 Å². The number of phosphoric acid groups is 4. The van der Waals surface area contributed by atoms with Crippen molar-refractivity contribution >= 4 is 54.9 Å². The molecule has 12 rings (SSSR count). The van der Waals surface area contributed by atoms with Gasteiger partial charge < -0.3 is 115 Å². The second-order valence-electron chi connectivity index (χ2n) is 29.2. The Morgan fingerprint density at radius 1 is 0.362 bits per heavy atom. The van der Waals surface area contributed by atoms with Crippen molar-refractivity contribution in [3.05, 3.63) is 147 Å². The van der Waals surface area contributed by atoms with Crippen LogP contribution in [0.3, 0.4) is 0 Å². The first-order chi connectivity index (χ1) is 52.5. The topological polar surface area (TPSA) is 529 Å². The van der Waals surface area contributed by atoms with Gasteiger partial charge in [0, 0.05) is 104 Å². The molecule has 8 aliphatic heterocycles. The zero-order chi connectivity index (χ0) is 82.1. The summed E-state index contributed by atoms with van der Waals surface area (Å²) in [7, 11) is -19.4. The van der Waals surface area contributed by atoms with E-state index < -0.39 is 102 Å². The first-order valence-electron chi connectivity index (χ1n) is 35.8. The van der Waals surface area contributed by atoms with Crippen molar-refractivity contribution in [2.75, 3.05) is 79.0 Å². The largest absolute Gasteiger partial charge is 0.756 e. The summed E-state index contributed by atoms with van der Waals surface area (Å²) in [6, 6.07) is 26.6.